The lowest BCUT2D eigenvalue weighted by Crippen LogP contribution is -2.38. The van der Waals surface area contributed by atoms with Gasteiger partial charge in [0.05, 0.1) is 11.7 Å². The Bertz CT molecular complexity index is 840. The van der Waals surface area contributed by atoms with Crippen LogP contribution in [0.4, 0.5) is 4.39 Å². The largest absolute Gasteiger partial charge is 0.351 e. The highest BCUT2D eigenvalue weighted by atomic mass is 19.1. The highest BCUT2D eigenvalue weighted by Crippen LogP contribution is 2.31. The summed E-state index contributed by atoms with van der Waals surface area (Å²) in [5.74, 6) is -0.357. The Kier molecular flexibility index (Phi) is 3.37. The number of carbonyl (C=O) groups excluding carboxylic acids is 1. The second-order valence-electron chi connectivity index (χ2n) is 5.94. The van der Waals surface area contributed by atoms with E-state index in [0.717, 1.165) is 30.5 Å². The molecule has 23 heavy (non-hydrogen) atoms. The van der Waals surface area contributed by atoms with Crippen LogP contribution in [0.25, 0.3) is 10.9 Å². The van der Waals surface area contributed by atoms with Gasteiger partial charge in [0.15, 0.2) is 0 Å². The van der Waals surface area contributed by atoms with E-state index >= 15 is 0 Å². The summed E-state index contributed by atoms with van der Waals surface area (Å²) in [5.41, 5.74) is 2.22. The summed E-state index contributed by atoms with van der Waals surface area (Å²) in [6.07, 6.45) is 4.71. The molecule has 1 aliphatic heterocycles. The first kappa shape index (κ1) is 14.0. The second-order valence-corrected chi connectivity index (χ2v) is 5.94. The summed E-state index contributed by atoms with van der Waals surface area (Å²) in [7, 11) is 0. The zero-order valence-electron chi connectivity index (χ0n) is 12.6. The van der Waals surface area contributed by atoms with Gasteiger partial charge in [-0.1, -0.05) is 0 Å². The van der Waals surface area contributed by atoms with Crippen LogP contribution in [0, 0.1) is 5.82 Å². The summed E-state index contributed by atoms with van der Waals surface area (Å²) in [4.78, 5) is 17.9. The molecule has 0 radical (unpaired) electrons. The third-order valence-corrected chi connectivity index (χ3v) is 4.46. The highest BCUT2D eigenvalue weighted by Gasteiger charge is 2.30. The van der Waals surface area contributed by atoms with E-state index in [1.54, 1.807) is 18.3 Å². The lowest BCUT2D eigenvalue weighted by Gasteiger charge is -2.34. The van der Waals surface area contributed by atoms with Crippen molar-refractivity contribution in [3.05, 3.63) is 53.7 Å². The Balaban J connectivity index is 1.67. The van der Waals surface area contributed by atoms with Crippen LogP contribution in [0.2, 0.25) is 0 Å². The first-order valence-electron chi connectivity index (χ1n) is 7.81. The van der Waals surface area contributed by atoms with Crippen LogP contribution in [0.3, 0.4) is 0 Å². The van der Waals surface area contributed by atoms with Crippen LogP contribution in [-0.4, -0.2) is 32.5 Å². The minimum absolute atomic E-state index is 0.0156. The minimum Gasteiger partial charge on any atom is -0.351 e. The van der Waals surface area contributed by atoms with Crippen LogP contribution in [0.1, 0.15) is 41.5 Å². The van der Waals surface area contributed by atoms with Crippen molar-refractivity contribution in [1.82, 2.24) is 20.1 Å². The average Bonchev–Trinajstić information content (AvgIpc) is 3.23. The lowest BCUT2D eigenvalue weighted by atomic mass is 9.99. The number of halogens is 1. The second kappa shape index (κ2) is 5.53. The lowest BCUT2D eigenvalue weighted by molar-refractivity contribution is 0.0601. The number of piperidine rings is 1. The molecule has 118 valence electrons. The van der Waals surface area contributed by atoms with Gasteiger partial charge in [-0.3, -0.25) is 9.89 Å². The molecule has 0 saturated carbocycles. The third kappa shape index (κ3) is 2.50. The molecule has 3 aromatic rings. The van der Waals surface area contributed by atoms with Gasteiger partial charge in [-0.15, -0.1) is 0 Å². The average molecular weight is 312 g/mol. The quantitative estimate of drug-likeness (QED) is 0.761. The topological polar surface area (TPSA) is 64.8 Å². The van der Waals surface area contributed by atoms with Crippen LogP contribution in [0.15, 0.2) is 36.5 Å². The Labute approximate surface area is 132 Å². The van der Waals surface area contributed by atoms with Crippen molar-refractivity contribution in [3.8, 4) is 0 Å². The Morgan fingerprint density at radius 1 is 1.26 bits per heavy atom. The van der Waals surface area contributed by atoms with E-state index in [9.17, 15) is 9.18 Å². The summed E-state index contributed by atoms with van der Waals surface area (Å²) < 4.78 is 13.3. The van der Waals surface area contributed by atoms with E-state index in [-0.39, 0.29) is 17.8 Å². The molecule has 1 fully saturated rings. The number of aromatic nitrogens is 3. The maximum absolute atomic E-state index is 13.3. The molecular formula is C17H17FN4O. The number of H-pyrrole nitrogens is 2. The van der Waals surface area contributed by atoms with Gasteiger partial charge in [-0.25, -0.2) is 4.39 Å². The van der Waals surface area contributed by atoms with Gasteiger partial charge in [0, 0.05) is 23.6 Å². The van der Waals surface area contributed by atoms with Gasteiger partial charge >= 0.3 is 0 Å². The van der Waals surface area contributed by atoms with E-state index in [0.29, 0.717) is 17.6 Å². The normalized spacial score (nSPS) is 18.5. The molecule has 2 aromatic heterocycles. The summed E-state index contributed by atoms with van der Waals surface area (Å²) >= 11 is 0. The summed E-state index contributed by atoms with van der Waals surface area (Å²) in [6.45, 7) is 0.715. The number of amides is 1. The smallest absolute Gasteiger partial charge is 0.270 e. The number of rotatable bonds is 2. The number of benzene rings is 1. The van der Waals surface area contributed by atoms with Crippen LogP contribution in [0.5, 0.6) is 0 Å². The van der Waals surface area contributed by atoms with Gasteiger partial charge in [0.2, 0.25) is 0 Å². The predicted octanol–water partition coefficient (Wildman–Crippen LogP) is 3.40. The molecule has 1 amide bonds. The highest BCUT2D eigenvalue weighted by molar-refractivity contribution is 5.98. The molecule has 1 atom stereocenters. The van der Waals surface area contributed by atoms with E-state index in [1.165, 1.54) is 12.1 Å². The number of hydrogen-bond donors (Lipinski definition) is 2. The maximum atomic E-state index is 13.3. The number of nitrogens with zero attached hydrogens (tertiary/aromatic N) is 2. The number of aromatic amines is 2. The first-order chi connectivity index (χ1) is 11.2. The number of hydrogen-bond acceptors (Lipinski definition) is 2. The standard InChI is InChI=1S/C17H17FN4O/c18-12-4-5-13-11(9-12)10-15(20-13)17(23)22-8-2-1-3-16(22)14-6-7-19-21-14/h4-7,9-10,16,20H,1-3,8H2,(H,19,21)/t16-/m1/s1. The molecule has 0 spiro atoms. The van der Waals surface area contributed by atoms with Gasteiger partial charge in [0.1, 0.15) is 11.5 Å². The fraction of sp³-hybridized carbons (Fsp3) is 0.294. The Morgan fingerprint density at radius 3 is 3.00 bits per heavy atom. The molecule has 5 nitrogen and oxygen atoms in total. The number of carbonyl (C=O) groups is 1. The van der Waals surface area contributed by atoms with E-state index in [1.807, 2.05) is 11.0 Å². The fourth-order valence-corrected chi connectivity index (χ4v) is 3.32. The molecule has 0 bridgehead atoms. The van der Waals surface area contributed by atoms with Gasteiger partial charge in [-0.05, 0) is 49.6 Å². The molecule has 1 aliphatic rings. The van der Waals surface area contributed by atoms with Gasteiger partial charge < -0.3 is 9.88 Å². The van der Waals surface area contributed by atoms with Crippen LogP contribution >= 0.6 is 0 Å². The fourth-order valence-electron chi connectivity index (χ4n) is 3.32. The molecule has 6 heteroatoms. The van der Waals surface area contributed by atoms with Crippen LogP contribution in [-0.2, 0) is 0 Å². The molecule has 1 saturated heterocycles. The van der Waals surface area contributed by atoms with Gasteiger partial charge in [0.25, 0.3) is 5.91 Å². The summed E-state index contributed by atoms with van der Waals surface area (Å²) in [6, 6.07) is 8.13. The maximum Gasteiger partial charge on any atom is 0.270 e. The van der Waals surface area contributed by atoms with Crippen molar-refractivity contribution >= 4 is 16.8 Å². The number of likely N-dealkylation sites (tertiary alicyclic amines) is 1. The predicted molar refractivity (Wildman–Crippen MR) is 84.5 cm³/mol. The monoisotopic (exact) mass is 312 g/mol. The van der Waals surface area contributed by atoms with Crippen molar-refractivity contribution in [2.24, 2.45) is 0 Å². The molecule has 0 aliphatic carbocycles. The van der Waals surface area contributed by atoms with Crippen molar-refractivity contribution in [2.75, 3.05) is 6.54 Å². The summed E-state index contributed by atoms with van der Waals surface area (Å²) in [5, 5.41) is 7.68. The number of fused-ring (bicyclic) bond motifs is 1. The van der Waals surface area contributed by atoms with Crippen molar-refractivity contribution in [1.29, 1.82) is 0 Å². The van der Waals surface area contributed by atoms with Crippen molar-refractivity contribution in [2.45, 2.75) is 25.3 Å². The molecule has 2 N–H and O–H groups in total. The van der Waals surface area contributed by atoms with Crippen molar-refractivity contribution in [3.63, 3.8) is 0 Å². The van der Waals surface area contributed by atoms with Crippen LogP contribution < -0.4 is 0 Å². The molecule has 0 unspecified atom stereocenters. The molecule has 3 heterocycles. The van der Waals surface area contributed by atoms with Gasteiger partial charge in [-0.2, -0.15) is 5.10 Å². The molecule has 1 aromatic carbocycles. The SMILES string of the molecule is O=C(c1cc2cc(F)ccc2[nH]1)N1CCCC[C@@H]1c1ccn[nH]1. The third-order valence-electron chi connectivity index (χ3n) is 4.46. The number of nitrogens with one attached hydrogen (secondary N) is 2. The zero-order valence-corrected chi connectivity index (χ0v) is 12.6. The van der Waals surface area contributed by atoms with E-state index < -0.39 is 0 Å². The molecule has 4 rings (SSSR count). The Morgan fingerprint density at radius 2 is 2.17 bits per heavy atom. The molecular weight excluding hydrogens is 295 g/mol. The van der Waals surface area contributed by atoms with Crippen molar-refractivity contribution < 1.29 is 9.18 Å². The van der Waals surface area contributed by atoms with E-state index in [2.05, 4.69) is 15.2 Å². The first-order valence-corrected chi connectivity index (χ1v) is 7.81. The Hall–Kier alpha value is -2.63. The zero-order chi connectivity index (χ0) is 15.8. The minimum atomic E-state index is -0.302. The van der Waals surface area contributed by atoms with E-state index in [4.69, 9.17) is 0 Å².